The van der Waals surface area contributed by atoms with Crippen LogP contribution >= 0.6 is 0 Å². The Morgan fingerprint density at radius 3 is 2.43 bits per heavy atom. The lowest BCUT2D eigenvalue weighted by molar-refractivity contribution is 0.128. The lowest BCUT2D eigenvalue weighted by Gasteiger charge is -2.35. The smallest absolute Gasteiger partial charge is 0.317 e. The number of fused-ring (bicyclic) bond motifs is 1. The van der Waals surface area contributed by atoms with E-state index in [4.69, 9.17) is 5.73 Å². The number of para-hydroxylation sites is 1. The second-order valence-corrected chi connectivity index (χ2v) is 10.0. The van der Waals surface area contributed by atoms with E-state index < -0.39 is 6.03 Å². The zero-order valence-electron chi connectivity index (χ0n) is 21.6. The number of primary amides is 1. The number of amides is 2. The maximum absolute atomic E-state index is 11.6. The van der Waals surface area contributed by atoms with Gasteiger partial charge in [0.1, 0.15) is 5.82 Å². The minimum atomic E-state index is -0.665. The van der Waals surface area contributed by atoms with Crippen LogP contribution < -0.4 is 16.6 Å². The number of aryl methyl sites for hydroxylation is 1. The second-order valence-electron chi connectivity index (χ2n) is 10.0. The predicted molar refractivity (Wildman–Crippen MR) is 146 cm³/mol. The van der Waals surface area contributed by atoms with Crippen molar-refractivity contribution in [3.8, 4) is 16.9 Å². The van der Waals surface area contributed by atoms with Gasteiger partial charge in [0.25, 0.3) is 0 Å². The Bertz CT molecular complexity index is 1470. The Kier molecular flexibility index (Phi) is 7.31. The summed E-state index contributed by atoms with van der Waals surface area (Å²) < 4.78 is 3.11. The number of aromatic nitrogens is 3. The summed E-state index contributed by atoms with van der Waals surface area (Å²) in [7, 11) is 1.68. The van der Waals surface area contributed by atoms with E-state index in [0.29, 0.717) is 11.5 Å². The Hall–Kier alpha value is -4.17. The van der Waals surface area contributed by atoms with Gasteiger partial charge in [-0.25, -0.2) is 9.48 Å². The van der Waals surface area contributed by atoms with Crippen LogP contribution in [-0.2, 0) is 18.9 Å². The van der Waals surface area contributed by atoms with E-state index in [1.807, 2.05) is 43.3 Å². The summed E-state index contributed by atoms with van der Waals surface area (Å²) in [6.45, 7) is 6.25. The van der Waals surface area contributed by atoms with Crippen LogP contribution in [-0.4, -0.2) is 31.6 Å². The molecule has 1 aliphatic rings. The Morgan fingerprint density at radius 2 is 1.76 bits per heavy atom. The molecule has 0 fully saturated rings. The summed E-state index contributed by atoms with van der Waals surface area (Å²) in [5.41, 5.74) is 11.0. The quantitative estimate of drug-likeness (QED) is 0.390. The highest BCUT2D eigenvalue weighted by Gasteiger charge is 2.31. The van der Waals surface area contributed by atoms with E-state index in [1.165, 1.54) is 21.8 Å². The Balaban J connectivity index is 0.000000207. The van der Waals surface area contributed by atoms with E-state index >= 15 is 0 Å². The van der Waals surface area contributed by atoms with E-state index in [9.17, 15) is 14.7 Å². The van der Waals surface area contributed by atoms with Gasteiger partial charge in [-0.3, -0.25) is 10.1 Å². The van der Waals surface area contributed by atoms with Crippen LogP contribution in [0.5, 0.6) is 0 Å². The molecular formula is C29H33N5O3. The SMILES string of the molecule is CC1(C)CC(O)Cc2ccccc21.Cc1c(-c2ccc(=O)n(C)c2)nn(-c2ccccc2)c1NC(N)=O. The van der Waals surface area contributed by atoms with Crippen molar-refractivity contribution in [2.24, 2.45) is 12.8 Å². The highest BCUT2D eigenvalue weighted by atomic mass is 16.3. The summed E-state index contributed by atoms with van der Waals surface area (Å²) >= 11 is 0. The van der Waals surface area contributed by atoms with Gasteiger partial charge in [-0.15, -0.1) is 0 Å². The molecule has 2 aromatic carbocycles. The number of nitrogens with one attached hydrogen (secondary N) is 1. The third-order valence-corrected chi connectivity index (χ3v) is 6.67. The Labute approximate surface area is 216 Å². The van der Waals surface area contributed by atoms with Gasteiger partial charge in [0.2, 0.25) is 5.56 Å². The van der Waals surface area contributed by atoms with Gasteiger partial charge >= 0.3 is 6.03 Å². The number of rotatable bonds is 3. The summed E-state index contributed by atoms with van der Waals surface area (Å²) in [6.07, 6.45) is 3.25. The van der Waals surface area contributed by atoms with Crippen molar-refractivity contribution >= 4 is 11.8 Å². The maximum atomic E-state index is 11.6. The number of nitrogens with zero attached hydrogens (tertiary/aromatic N) is 3. The van der Waals surface area contributed by atoms with Crippen LogP contribution in [0.2, 0.25) is 0 Å². The zero-order chi connectivity index (χ0) is 26.7. The molecule has 1 aliphatic carbocycles. The standard InChI is InChI=1S/C17H17N5O2.C12H16O/c1-11-15(12-8-9-14(23)21(2)10-12)20-22(16(11)19-17(18)24)13-6-4-3-5-7-13;1-12(2)8-10(13)7-9-5-3-4-6-11(9)12/h3-10H,1-2H3,(H3,18,19,24);3-6,10,13H,7-8H2,1-2H3. The molecule has 0 spiro atoms. The van der Waals surface area contributed by atoms with Crippen molar-refractivity contribution in [2.75, 3.05) is 5.32 Å². The number of hydrogen-bond acceptors (Lipinski definition) is 4. The number of anilines is 1. The van der Waals surface area contributed by atoms with Crippen LogP contribution in [0.3, 0.4) is 0 Å². The number of nitrogens with two attached hydrogens (primary N) is 1. The number of carbonyl (C=O) groups is 1. The van der Waals surface area contributed by atoms with Crippen molar-refractivity contribution in [1.82, 2.24) is 14.3 Å². The van der Waals surface area contributed by atoms with Crippen LogP contribution in [0.15, 0.2) is 77.7 Å². The average Bonchev–Trinajstić information content (AvgIpc) is 3.16. The molecule has 8 nitrogen and oxygen atoms in total. The second kappa shape index (κ2) is 10.4. The van der Waals surface area contributed by atoms with Crippen molar-refractivity contribution in [1.29, 1.82) is 0 Å². The molecule has 0 aliphatic heterocycles. The van der Waals surface area contributed by atoms with Crippen molar-refractivity contribution in [3.05, 3.63) is 100.0 Å². The number of aliphatic hydroxyl groups is 1. The molecule has 0 saturated heterocycles. The minimum absolute atomic E-state index is 0.102. The molecule has 8 heteroatoms. The molecule has 2 heterocycles. The van der Waals surface area contributed by atoms with E-state index in [2.05, 4.69) is 42.5 Å². The first-order valence-corrected chi connectivity index (χ1v) is 12.2. The molecule has 2 amide bonds. The first-order valence-electron chi connectivity index (χ1n) is 12.2. The number of aliphatic hydroxyl groups excluding tert-OH is 1. The fourth-order valence-electron chi connectivity index (χ4n) is 4.91. The third kappa shape index (κ3) is 5.65. The van der Waals surface area contributed by atoms with E-state index in [1.54, 1.807) is 24.0 Å². The largest absolute Gasteiger partial charge is 0.393 e. The zero-order valence-corrected chi connectivity index (χ0v) is 21.6. The molecule has 4 N–H and O–H groups in total. The molecule has 0 saturated carbocycles. The molecule has 4 aromatic rings. The fourth-order valence-corrected chi connectivity index (χ4v) is 4.91. The molecule has 2 aromatic heterocycles. The van der Waals surface area contributed by atoms with Crippen LogP contribution in [0.25, 0.3) is 16.9 Å². The van der Waals surface area contributed by atoms with Gasteiger partial charge in [-0.1, -0.05) is 56.3 Å². The van der Waals surface area contributed by atoms with Gasteiger partial charge in [-0.2, -0.15) is 5.10 Å². The van der Waals surface area contributed by atoms with Gasteiger partial charge < -0.3 is 15.4 Å². The minimum Gasteiger partial charge on any atom is -0.393 e. The molecule has 1 unspecified atom stereocenters. The lowest BCUT2D eigenvalue weighted by Crippen LogP contribution is -2.32. The maximum Gasteiger partial charge on any atom is 0.317 e. The third-order valence-electron chi connectivity index (χ3n) is 6.67. The number of pyridine rings is 1. The summed E-state index contributed by atoms with van der Waals surface area (Å²) in [5.74, 6) is 0.498. The summed E-state index contributed by atoms with van der Waals surface area (Å²) in [4.78, 5) is 23.0. The predicted octanol–water partition coefficient (Wildman–Crippen LogP) is 4.31. The lowest BCUT2D eigenvalue weighted by atomic mass is 9.72. The molecule has 192 valence electrons. The van der Waals surface area contributed by atoms with Gasteiger partial charge in [0.15, 0.2) is 0 Å². The van der Waals surface area contributed by atoms with Gasteiger partial charge in [0, 0.05) is 30.4 Å². The van der Waals surface area contributed by atoms with Crippen LogP contribution in [0.1, 0.15) is 37.0 Å². The topological polar surface area (TPSA) is 115 Å². The van der Waals surface area contributed by atoms with E-state index in [-0.39, 0.29) is 17.1 Å². The van der Waals surface area contributed by atoms with E-state index in [0.717, 1.165) is 29.7 Å². The number of urea groups is 1. The molecule has 0 radical (unpaired) electrons. The first kappa shape index (κ1) is 25.9. The van der Waals surface area contributed by atoms with Crippen molar-refractivity contribution in [2.45, 2.75) is 45.1 Å². The van der Waals surface area contributed by atoms with Crippen molar-refractivity contribution in [3.63, 3.8) is 0 Å². The summed E-state index contributed by atoms with van der Waals surface area (Å²) in [6, 6.07) is 20.4. The average molecular weight is 500 g/mol. The molecule has 37 heavy (non-hydrogen) atoms. The highest BCUT2D eigenvalue weighted by Crippen LogP contribution is 2.36. The molecule has 5 rings (SSSR count). The first-order chi connectivity index (χ1) is 17.6. The number of hydrogen-bond donors (Lipinski definition) is 3. The fraction of sp³-hybridized carbons (Fsp3) is 0.276. The Morgan fingerprint density at radius 1 is 1.08 bits per heavy atom. The molecule has 1 atom stereocenters. The monoisotopic (exact) mass is 499 g/mol. The highest BCUT2D eigenvalue weighted by molar-refractivity contribution is 5.89. The normalized spacial score (nSPS) is 15.8. The summed E-state index contributed by atoms with van der Waals surface area (Å²) in [5, 5.41) is 16.9. The molecular weight excluding hydrogens is 466 g/mol. The van der Waals surface area contributed by atoms with Crippen LogP contribution in [0, 0.1) is 6.92 Å². The molecule has 0 bridgehead atoms. The number of carbonyl (C=O) groups excluding carboxylic acids is 1. The van der Waals surface area contributed by atoms with Gasteiger partial charge in [-0.05, 0) is 54.5 Å². The van der Waals surface area contributed by atoms with Crippen molar-refractivity contribution < 1.29 is 9.90 Å². The van der Waals surface area contributed by atoms with Crippen LogP contribution in [0.4, 0.5) is 10.6 Å². The number of benzene rings is 2. The van der Waals surface area contributed by atoms with Gasteiger partial charge in [0.05, 0.1) is 17.5 Å².